The van der Waals surface area contributed by atoms with Gasteiger partial charge in [-0.2, -0.15) is 0 Å². The first-order chi connectivity index (χ1) is 24.1. The molecule has 3 amide bonds. The third-order valence-electron chi connectivity index (χ3n) is 11.1. The van der Waals surface area contributed by atoms with E-state index in [-0.39, 0.29) is 49.1 Å². The molecule has 3 heterocycles. The molecule has 0 radical (unpaired) electrons. The van der Waals surface area contributed by atoms with Crippen molar-refractivity contribution in [1.29, 1.82) is 0 Å². The molecular formula is C41H49N3O6. The van der Waals surface area contributed by atoms with Crippen molar-refractivity contribution in [3.63, 3.8) is 0 Å². The Morgan fingerprint density at radius 3 is 2.50 bits per heavy atom. The Morgan fingerprint density at radius 2 is 1.84 bits per heavy atom. The van der Waals surface area contributed by atoms with Gasteiger partial charge in [-0.1, -0.05) is 69.3 Å². The second-order valence-electron chi connectivity index (χ2n) is 14.3. The number of carbonyl (C=O) groups is 3. The molecule has 1 spiro atoms. The van der Waals surface area contributed by atoms with Crippen molar-refractivity contribution in [3.05, 3.63) is 102 Å². The number of hydrogen-bond donors (Lipinski definition) is 1. The predicted octanol–water partition coefficient (Wildman–Crippen LogP) is 5.98. The van der Waals surface area contributed by atoms with E-state index in [0.717, 1.165) is 46.7 Å². The second-order valence-corrected chi connectivity index (χ2v) is 14.3. The van der Waals surface area contributed by atoms with Gasteiger partial charge in [0, 0.05) is 55.7 Å². The molecule has 3 aromatic carbocycles. The maximum atomic E-state index is 14.9. The van der Waals surface area contributed by atoms with Gasteiger partial charge in [-0.05, 0) is 59.7 Å². The number of aliphatic hydroxyl groups excluding tert-OH is 1. The highest BCUT2D eigenvalue weighted by atomic mass is 16.5. The first kappa shape index (κ1) is 35.4. The van der Waals surface area contributed by atoms with Crippen molar-refractivity contribution in [2.75, 3.05) is 43.2 Å². The molecule has 2 fully saturated rings. The minimum atomic E-state index is -1.40. The van der Waals surface area contributed by atoms with E-state index in [2.05, 4.69) is 27.4 Å². The fourth-order valence-corrected chi connectivity index (χ4v) is 8.58. The average molecular weight is 680 g/mol. The fourth-order valence-electron chi connectivity index (χ4n) is 8.58. The van der Waals surface area contributed by atoms with Crippen LogP contribution < -0.4 is 14.5 Å². The third kappa shape index (κ3) is 6.22. The largest absolute Gasteiger partial charge is 0.497 e. The van der Waals surface area contributed by atoms with Crippen LogP contribution in [0.2, 0.25) is 0 Å². The molecule has 6 rings (SSSR count). The summed E-state index contributed by atoms with van der Waals surface area (Å²) >= 11 is 0. The number of methoxy groups -OCH3 is 1. The smallest absolute Gasteiger partial charge is 0.264 e. The number of piperidine rings is 1. The first-order valence-electron chi connectivity index (χ1n) is 17.7. The summed E-state index contributed by atoms with van der Waals surface area (Å²) in [5.74, 6) is -0.191. The zero-order valence-corrected chi connectivity index (χ0v) is 29.6. The van der Waals surface area contributed by atoms with Crippen molar-refractivity contribution < 1.29 is 29.0 Å². The van der Waals surface area contributed by atoms with E-state index in [9.17, 15) is 19.5 Å². The van der Waals surface area contributed by atoms with Crippen LogP contribution in [0.15, 0.2) is 85.5 Å². The van der Waals surface area contributed by atoms with E-state index in [1.165, 1.54) is 0 Å². The zero-order chi connectivity index (χ0) is 35.6. The van der Waals surface area contributed by atoms with E-state index < -0.39 is 17.1 Å². The highest BCUT2D eigenvalue weighted by molar-refractivity contribution is 6.08. The van der Waals surface area contributed by atoms with Crippen LogP contribution in [0, 0.1) is 11.8 Å². The molecular weight excluding hydrogens is 630 g/mol. The number of anilines is 2. The molecule has 2 saturated heterocycles. The lowest BCUT2D eigenvalue weighted by atomic mass is 9.63. The van der Waals surface area contributed by atoms with Crippen LogP contribution in [0.25, 0.3) is 0 Å². The molecule has 3 aliphatic heterocycles. The summed E-state index contributed by atoms with van der Waals surface area (Å²) < 4.78 is 12.6. The quantitative estimate of drug-likeness (QED) is 0.237. The summed E-state index contributed by atoms with van der Waals surface area (Å²) in [7, 11) is 1.63. The van der Waals surface area contributed by atoms with Gasteiger partial charge in [-0.15, -0.1) is 6.58 Å². The normalized spacial score (nSPS) is 23.3. The van der Waals surface area contributed by atoms with Crippen molar-refractivity contribution >= 4 is 29.1 Å². The SMILES string of the molecule is C=CCN1C(=O)[C@@]2(O[C@@H](CC(=O)N(CCO)Cc3ccccc3)[C@H](C(C)(C)c3ccc(OC)cc3)[C@H]2C)c2cc(N3CCCCC3=O)ccc21. The Balaban J connectivity index is 1.45. The number of aliphatic hydroxyl groups is 1. The summed E-state index contributed by atoms with van der Waals surface area (Å²) in [6.45, 7) is 11.6. The topological polar surface area (TPSA) is 99.6 Å². The van der Waals surface area contributed by atoms with Crippen LogP contribution in [0.3, 0.4) is 0 Å². The van der Waals surface area contributed by atoms with Gasteiger partial charge in [0.2, 0.25) is 11.8 Å². The Hall–Kier alpha value is -4.47. The second kappa shape index (κ2) is 14.4. The Morgan fingerprint density at radius 1 is 1.10 bits per heavy atom. The van der Waals surface area contributed by atoms with Gasteiger partial charge >= 0.3 is 0 Å². The number of amides is 3. The van der Waals surface area contributed by atoms with E-state index in [4.69, 9.17) is 9.47 Å². The van der Waals surface area contributed by atoms with Crippen molar-refractivity contribution in [2.45, 2.75) is 70.1 Å². The summed E-state index contributed by atoms with van der Waals surface area (Å²) in [5.41, 5.74) is 2.25. The van der Waals surface area contributed by atoms with Gasteiger partial charge in [0.1, 0.15) is 5.75 Å². The Labute approximate surface area is 295 Å². The lowest BCUT2D eigenvalue weighted by molar-refractivity contribution is -0.150. The molecule has 3 aliphatic rings. The fraction of sp³-hybridized carbons (Fsp3) is 0.439. The maximum absolute atomic E-state index is 14.9. The molecule has 1 N–H and O–H groups in total. The monoisotopic (exact) mass is 679 g/mol. The van der Waals surface area contributed by atoms with Crippen molar-refractivity contribution in [2.24, 2.45) is 11.8 Å². The molecule has 0 bridgehead atoms. The molecule has 264 valence electrons. The van der Waals surface area contributed by atoms with Gasteiger partial charge in [0.05, 0.1) is 31.9 Å². The number of rotatable bonds is 12. The molecule has 9 nitrogen and oxygen atoms in total. The predicted molar refractivity (Wildman–Crippen MR) is 194 cm³/mol. The third-order valence-corrected chi connectivity index (χ3v) is 11.1. The molecule has 50 heavy (non-hydrogen) atoms. The van der Waals surface area contributed by atoms with Crippen LogP contribution in [0.4, 0.5) is 11.4 Å². The van der Waals surface area contributed by atoms with Gasteiger partial charge in [-0.3, -0.25) is 14.4 Å². The van der Waals surface area contributed by atoms with Gasteiger partial charge in [0.25, 0.3) is 5.91 Å². The number of benzene rings is 3. The molecule has 9 heteroatoms. The molecule has 0 aromatic heterocycles. The first-order valence-corrected chi connectivity index (χ1v) is 17.7. The van der Waals surface area contributed by atoms with Crippen molar-refractivity contribution in [3.8, 4) is 5.75 Å². The van der Waals surface area contributed by atoms with E-state index in [0.29, 0.717) is 26.1 Å². The highest BCUT2D eigenvalue weighted by Crippen LogP contribution is 2.60. The van der Waals surface area contributed by atoms with Crippen LogP contribution in [-0.2, 0) is 36.7 Å². The van der Waals surface area contributed by atoms with Gasteiger partial charge in [-0.25, -0.2) is 0 Å². The van der Waals surface area contributed by atoms with Crippen LogP contribution >= 0.6 is 0 Å². The zero-order valence-electron chi connectivity index (χ0n) is 29.6. The number of hydrogen-bond acceptors (Lipinski definition) is 6. The standard InChI is InChI=1S/C41H49N3O6/c1-6-21-44-34-20-17-31(43-22-11-10-14-36(43)46)25-33(34)41(39(44)48)28(2)38(40(3,4)30-15-18-32(49-5)19-16-30)35(50-41)26-37(47)42(23-24-45)27-29-12-8-7-9-13-29/h6-9,12-13,15-20,25,28,35,38,45H,1,10-11,14,21-24,26-27H2,2-5H3/t28-,35+,38-,41+/m1/s1. The number of ether oxygens (including phenoxy) is 2. The summed E-state index contributed by atoms with van der Waals surface area (Å²) in [6, 6.07) is 23.5. The van der Waals surface area contributed by atoms with Crippen LogP contribution in [-0.4, -0.2) is 67.2 Å². The molecule has 4 atom stereocenters. The minimum absolute atomic E-state index is 0.0253. The van der Waals surface area contributed by atoms with Gasteiger partial charge < -0.3 is 29.3 Å². The minimum Gasteiger partial charge on any atom is -0.497 e. The maximum Gasteiger partial charge on any atom is 0.264 e. The van der Waals surface area contributed by atoms with Crippen LogP contribution in [0.1, 0.15) is 63.1 Å². The summed E-state index contributed by atoms with van der Waals surface area (Å²) in [6.07, 6.45) is 3.36. The summed E-state index contributed by atoms with van der Waals surface area (Å²) in [5, 5.41) is 9.96. The number of carbonyl (C=O) groups excluding carboxylic acids is 3. The molecule has 0 aliphatic carbocycles. The number of fused-ring (bicyclic) bond motifs is 2. The number of nitrogens with zero attached hydrogens (tertiary/aromatic N) is 3. The Kier molecular flexibility index (Phi) is 10.2. The van der Waals surface area contributed by atoms with E-state index in [1.54, 1.807) is 23.0 Å². The van der Waals surface area contributed by atoms with Crippen LogP contribution in [0.5, 0.6) is 5.75 Å². The highest BCUT2D eigenvalue weighted by Gasteiger charge is 2.66. The Bertz CT molecular complexity index is 1720. The lowest BCUT2D eigenvalue weighted by Crippen LogP contribution is -2.46. The summed E-state index contributed by atoms with van der Waals surface area (Å²) in [4.78, 5) is 47.4. The van der Waals surface area contributed by atoms with E-state index >= 15 is 0 Å². The van der Waals surface area contributed by atoms with Crippen molar-refractivity contribution in [1.82, 2.24) is 4.90 Å². The molecule has 0 unspecified atom stereocenters. The van der Waals surface area contributed by atoms with Gasteiger partial charge in [0.15, 0.2) is 5.60 Å². The molecule has 3 aromatic rings. The molecule has 0 saturated carbocycles. The van der Waals surface area contributed by atoms with E-state index in [1.807, 2.05) is 77.7 Å². The lowest BCUT2D eigenvalue weighted by Gasteiger charge is -2.39. The average Bonchev–Trinajstić information content (AvgIpc) is 3.54.